The van der Waals surface area contributed by atoms with Gasteiger partial charge in [0.1, 0.15) is 0 Å². The number of nitrogens with two attached hydrogens (primary N) is 1. The van der Waals surface area contributed by atoms with Gasteiger partial charge < -0.3 is 10.3 Å². The topological polar surface area (TPSA) is 64.9 Å². The Morgan fingerprint density at radius 2 is 2.53 bits per heavy atom. The molecule has 1 aromatic rings. The summed E-state index contributed by atoms with van der Waals surface area (Å²) >= 11 is 2.01. The molecule has 1 aromatic heterocycles. The molecule has 2 heterocycles. The molecule has 0 radical (unpaired) electrons. The second-order valence-electron chi connectivity index (χ2n) is 4.12. The summed E-state index contributed by atoms with van der Waals surface area (Å²) in [6.07, 6.45) is 4.21. The molecule has 1 fully saturated rings. The molecule has 2 unspecified atom stereocenters. The van der Waals surface area contributed by atoms with Crippen LogP contribution >= 0.6 is 11.8 Å². The van der Waals surface area contributed by atoms with E-state index in [0.29, 0.717) is 17.6 Å². The van der Waals surface area contributed by atoms with Crippen molar-refractivity contribution in [2.75, 3.05) is 5.75 Å². The van der Waals surface area contributed by atoms with E-state index in [4.69, 9.17) is 10.3 Å². The molecule has 84 valence electrons. The van der Waals surface area contributed by atoms with E-state index in [1.54, 1.807) is 0 Å². The smallest absolute Gasteiger partial charge is 0.228 e. The fraction of sp³-hybridized carbons (Fsp3) is 0.800. The highest BCUT2D eigenvalue weighted by molar-refractivity contribution is 8.00. The van der Waals surface area contributed by atoms with Crippen LogP contribution < -0.4 is 5.73 Å². The molecule has 15 heavy (non-hydrogen) atoms. The first-order valence-electron chi connectivity index (χ1n) is 5.42. The Hall–Kier alpha value is -0.550. The Balaban J connectivity index is 1.88. The van der Waals surface area contributed by atoms with Gasteiger partial charge in [-0.1, -0.05) is 5.16 Å². The SMILES string of the molecule is CC(N)Cc1nc(CC2CCCS2)no1. The van der Waals surface area contributed by atoms with E-state index in [1.807, 2.05) is 18.7 Å². The van der Waals surface area contributed by atoms with Gasteiger partial charge in [-0.25, -0.2) is 0 Å². The molecule has 1 aliphatic heterocycles. The number of thioether (sulfide) groups is 1. The van der Waals surface area contributed by atoms with Crippen LogP contribution in [0.3, 0.4) is 0 Å². The van der Waals surface area contributed by atoms with Crippen LogP contribution in [0.15, 0.2) is 4.52 Å². The fourth-order valence-corrected chi connectivity index (χ4v) is 3.01. The summed E-state index contributed by atoms with van der Waals surface area (Å²) in [6.45, 7) is 1.94. The van der Waals surface area contributed by atoms with Gasteiger partial charge in [0, 0.05) is 24.1 Å². The third-order valence-corrected chi connectivity index (χ3v) is 3.84. The molecule has 0 spiro atoms. The first-order valence-corrected chi connectivity index (χ1v) is 6.47. The summed E-state index contributed by atoms with van der Waals surface area (Å²) in [5.74, 6) is 2.78. The lowest BCUT2D eigenvalue weighted by Crippen LogP contribution is -2.18. The van der Waals surface area contributed by atoms with Gasteiger partial charge >= 0.3 is 0 Å². The lowest BCUT2D eigenvalue weighted by molar-refractivity contribution is 0.366. The average Bonchev–Trinajstić information content (AvgIpc) is 2.77. The first kappa shape index (κ1) is 11.0. The largest absolute Gasteiger partial charge is 0.339 e. The van der Waals surface area contributed by atoms with E-state index in [-0.39, 0.29) is 6.04 Å². The second kappa shape index (κ2) is 4.99. The van der Waals surface area contributed by atoms with Crippen molar-refractivity contribution in [1.29, 1.82) is 0 Å². The Morgan fingerprint density at radius 3 is 3.20 bits per heavy atom. The summed E-state index contributed by atoms with van der Waals surface area (Å²) in [6, 6.07) is 0.0826. The predicted octanol–water partition coefficient (Wildman–Crippen LogP) is 1.40. The predicted molar refractivity (Wildman–Crippen MR) is 60.8 cm³/mol. The normalized spacial score (nSPS) is 23.2. The summed E-state index contributed by atoms with van der Waals surface area (Å²) < 4.78 is 5.14. The number of hydrogen-bond acceptors (Lipinski definition) is 5. The minimum Gasteiger partial charge on any atom is -0.339 e. The Labute approximate surface area is 94.0 Å². The lowest BCUT2D eigenvalue weighted by Gasteiger charge is -2.02. The molecule has 0 amide bonds. The molecule has 4 nitrogen and oxygen atoms in total. The van der Waals surface area contributed by atoms with E-state index in [0.717, 1.165) is 12.2 Å². The fourth-order valence-electron chi connectivity index (χ4n) is 1.74. The quantitative estimate of drug-likeness (QED) is 0.842. The lowest BCUT2D eigenvalue weighted by atomic mass is 10.2. The van der Waals surface area contributed by atoms with Gasteiger partial charge in [-0.2, -0.15) is 16.7 Å². The van der Waals surface area contributed by atoms with E-state index in [2.05, 4.69) is 10.1 Å². The molecule has 0 saturated carbocycles. The van der Waals surface area contributed by atoms with E-state index < -0.39 is 0 Å². The minimum atomic E-state index is 0.0826. The third kappa shape index (κ3) is 3.21. The molecule has 1 saturated heterocycles. The molecule has 2 N–H and O–H groups in total. The highest BCUT2D eigenvalue weighted by atomic mass is 32.2. The molecule has 2 atom stereocenters. The highest BCUT2D eigenvalue weighted by Gasteiger charge is 2.19. The van der Waals surface area contributed by atoms with Crippen molar-refractivity contribution >= 4 is 11.8 Å². The van der Waals surface area contributed by atoms with Gasteiger partial charge in [-0.15, -0.1) is 0 Å². The molecule has 2 rings (SSSR count). The van der Waals surface area contributed by atoms with Gasteiger partial charge in [-0.05, 0) is 25.5 Å². The van der Waals surface area contributed by atoms with Gasteiger partial charge in [0.05, 0.1) is 0 Å². The maximum Gasteiger partial charge on any atom is 0.228 e. The van der Waals surface area contributed by atoms with Gasteiger partial charge in [0.2, 0.25) is 5.89 Å². The second-order valence-corrected chi connectivity index (χ2v) is 5.53. The van der Waals surface area contributed by atoms with Crippen molar-refractivity contribution < 1.29 is 4.52 Å². The molecular weight excluding hydrogens is 210 g/mol. The van der Waals surface area contributed by atoms with Gasteiger partial charge in [0.25, 0.3) is 0 Å². The van der Waals surface area contributed by atoms with Crippen LogP contribution in [0, 0.1) is 0 Å². The van der Waals surface area contributed by atoms with Crippen molar-refractivity contribution in [3.05, 3.63) is 11.7 Å². The summed E-state index contributed by atoms with van der Waals surface area (Å²) in [5, 5.41) is 4.66. The molecule has 0 bridgehead atoms. The van der Waals surface area contributed by atoms with Crippen molar-refractivity contribution in [1.82, 2.24) is 10.1 Å². The van der Waals surface area contributed by atoms with Gasteiger partial charge in [-0.3, -0.25) is 0 Å². The molecular formula is C10H17N3OS. The molecule has 0 aromatic carbocycles. The van der Waals surface area contributed by atoms with Crippen LogP contribution in [0.4, 0.5) is 0 Å². The van der Waals surface area contributed by atoms with Crippen LogP contribution in [0.25, 0.3) is 0 Å². The minimum absolute atomic E-state index is 0.0826. The number of nitrogens with zero attached hydrogens (tertiary/aromatic N) is 2. The van der Waals surface area contributed by atoms with Crippen LogP contribution in [0.2, 0.25) is 0 Å². The Morgan fingerprint density at radius 1 is 1.67 bits per heavy atom. The van der Waals surface area contributed by atoms with Crippen molar-refractivity contribution in [2.45, 2.75) is 43.9 Å². The monoisotopic (exact) mass is 227 g/mol. The Kier molecular flexibility index (Phi) is 3.64. The number of aromatic nitrogens is 2. The maximum atomic E-state index is 5.67. The average molecular weight is 227 g/mol. The van der Waals surface area contributed by atoms with Crippen LogP contribution in [0.1, 0.15) is 31.5 Å². The molecule has 1 aliphatic rings. The van der Waals surface area contributed by atoms with Crippen LogP contribution in [-0.2, 0) is 12.8 Å². The van der Waals surface area contributed by atoms with Crippen LogP contribution in [0.5, 0.6) is 0 Å². The van der Waals surface area contributed by atoms with E-state index >= 15 is 0 Å². The molecule has 5 heteroatoms. The first-order chi connectivity index (χ1) is 7.24. The maximum absolute atomic E-state index is 5.67. The molecule has 0 aliphatic carbocycles. The van der Waals surface area contributed by atoms with Crippen molar-refractivity contribution in [3.8, 4) is 0 Å². The van der Waals surface area contributed by atoms with E-state index in [1.165, 1.54) is 18.6 Å². The zero-order valence-electron chi connectivity index (χ0n) is 8.98. The summed E-state index contributed by atoms with van der Waals surface area (Å²) in [4.78, 5) is 4.34. The third-order valence-electron chi connectivity index (χ3n) is 2.44. The zero-order valence-corrected chi connectivity index (χ0v) is 9.80. The van der Waals surface area contributed by atoms with Crippen molar-refractivity contribution in [3.63, 3.8) is 0 Å². The van der Waals surface area contributed by atoms with Gasteiger partial charge in [0.15, 0.2) is 5.82 Å². The van der Waals surface area contributed by atoms with Crippen molar-refractivity contribution in [2.24, 2.45) is 5.73 Å². The highest BCUT2D eigenvalue weighted by Crippen LogP contribution is 2.28. The summed E-state index contributed by atoms with van der Waals surface area (Å²) in [7, 11) is 0. The standard InChI is InChI=1S/C10H17N3OS/c1-7(11)5-10-12-9(13-14-10)6-8-3-2-4-15-8/h7-8H,2-6,11H2,1H3. The number of rotatable bonds is 4. The zero-order chi connectivity index (χ0) is 10.7. The summed E-state index contributed by atoms with van der Waals surface area (Å²) in [5.41, 5.74) is 5.67. The van der Waals surface area contributed by atoms with E-state index in [9.17, 15) is 0 Å². The van der Waals surface area contributed by atoms with Crippen LogP contribution in [-0.4, -0.2) is 27.2 Å². The Bertz CT molecular complexity index is 307. The number of hydrogen-bond donors (Lipinski definition) is 1.